The fraction of sp³-hybridized carbons (Fsp3) is 0. The lowest BCUT2D eigenvalue weighted by molar-refractivity contribution is 0.466. The molecule has 94 valence electrons. The molecule has 3 aromatic rings. The van der Waals surface area contributed by atoms with Crippen LogP contribution in [0.15, 0.2) is 48.5 Å². The SMILES string of the molecule is Fc1ccc(Oc2nc(Cl)nc3ccccc23)cc1. The number of para-hydroxylation sites is 1. The van der Waals surface area contributed by atoms with Crippen LogP contribution < -0.4 is 4.74 Å². The molecule has 0 aliphatic heterocycles. The second-order valence-electron chi connectivity index (χ2n) is 3.87. The van der Waals surface area contributed by atoms with Crippen molar-refractivity contribution < 1.29 is 9.13 Å². The quantitative estimate of drug-likeness (QED) is 0.657. The molecule has 0 unspecified atom stereocenters. The third-order valence-electron chi connectivity index (χ3n) is 2.57. The normalized spacial score (nSPS) is 10.6. The Labute approximate surface area is 113 Å². The summed E-state index contributed by atoms with van der Waals surface area (Å²) in [7, 11) is 0. The maximum Gasteiger partial charge on any atom is 0.231 e. The molecule has 0 atom stereocenters. The van der Waals surface area contributed by atoms with E-state index < -0.39 is 0 Å². The van der Waals surface area contributed by atoms with Gasteiger partial charge in [0.15, 0.2) is 0 Å². The number of benzene rings is 2. The molecule has 3 nitrogen and oxygen atoms in total. The van der Waals surface area contributed by atoms with Crippen LogP contribution in [-0.2, 0) is 0 Å². The fourth-order valence-electron chi connectivity index (χ4n) is 1.71. The van der Waals surface area contributed by atoms with Crippen LogP contribution in [-0.4, -0.2) is 9.97 Å². The largest absolute Gasteiger partial charge is 0.438 e. The van der Waals surface area contributed by atoms with E-state index in [9.17, 15) is 4.39 Å². The molecule has 3 rings (SSSR count). The molecule has 0 saturated heterocycles. The summed E-state index contributed by atoms with van der Waals surface area (Å²) in [4.78, 5) is 8.16. The molecule has 0 N–H and O–H groups in total. The van der Waals surface area contributed by atoms with E-state index in [1.54, 1.807) is 0 Å². The van der Waals surface area contributed by atoms with Gasteiger partial charge in [0, 0.05) is 0 Å². The second kappa shape index (κ2) is 4.82. The first-order chi connectivity index (χ1) is 9.22. The Kier molecular flexibility index (Phi) is 3.01. The minimum atomic E-state index is -0.321. The van der Waals surface area contributed by atoms with Gasteiger partial charge in [-0.05, 0) is 48.0 Å². The summed E-state index contributed by atoms with van der Waals surface area (Å²) >= 11 is 5.85. The van der Waals surface area contributed by atoms with Crippen LogP contribution in [0.25, 0.3) is 10.9 Å². The highest BCUT2D eigenvalue weighted by atomic mass is 35.5. The topological polar surface area (TPSA) is 35.0 Å². The summed E-state index contributed by atoms with van der Waals surface area (Å²) in [6.07, 6.45) is 0. The number of rotatable bonds is 2. The minimum absolute atomic E-state index is 0.107. The molecule has 5 heteroatoms. The van der Waals surface area contributed by atoms with Crippen molar-refractivity contribution in [3.05, 3.63) is 59.6 Å². The first kappa shape index (κ1) is 11.9. The van der Waals surface area contributed by atoms with Crippen LogP contribution in [0.2, 0.25) is 5.28 Å². The molecule has 0 fully saturated rings. The smallest absolute Gasteiger partial charge is 0.231 e. The molecule has 19 heavy (non-hydrogen) atoms. The van der Waals surface area contributed by atoms with E-state index in [4.69, 9.17) is 16.3 Å². The number of fused-ring (bicyclic) bond motifs is 1. The number of hydrogen-bond acceptors (Lipinski definition) is 3. The molecular formula is C14H8ClFN2O. The summed E-state index contributed by atoms with van der Waals surface area (Å²) in [5, 5.41) is 0.854. The highest BCUT2D eigenvalue weighted by Gasteiger charge is 2.08. The van der Waals surface area contributed by atoms with Gasteiger partial charge in [0.1, 0.15) is 11.6 Å². The molecule has 1 aromatic heterocycles. The summed E-state index contributed by atoms with van der Waals surface area (Å²) in [5.74, 6) is 0.515. The number of aromatic nitrogens is 2. The van der Waals surface area contributed by atoms with Crippen LogP contribution in [0.1, 0.15) is 0 Å². The van der Waals surface area contributed by atoms with Crippen molar-refractivity contribution in [1.82, 2.24) is 9.97 Å². The lowest BCUT2D eigenvalue weighted by Crippen LogP contribution is -1.93. The number of hydrogen-bond donors (Lipinski definition) is 0. The lowest BCUT2D eigenvalue weighted by atomic mass is 10.2. The van der Waals surface area contributed by atoms with Gasteiger partial charge < -0.3 is 4.74 Å². The van der Waals surface area contributed by atoms with E-state index in [1.807, 2.05) is 24.3 Å². The first-order valence-electron chi connectivity index (χ1n) is 5.58. The van der Waals surface area contributed by atoms with Crippen molar-refractivity contribution in [3.63, 3.8) is 0 Å². The monoisotopic (exact) mass is 274 g/mol. The van der Waals surface area contributed by atoms with Gasteiger partial charge in [0.25, 0.3) is 0 Å². The van der Waals surface area contributed by atoms with Crippen molar-refractivity contribution in [2.24, 2.45) is 0 Å². The zero-order valence-corrected chi connectivity index (χ0v) is 10.4. The summed E-state index contributed by atoms with van der Waals surface area (Å²) in [6.45, 7) is 0. The van der Waals surface area contributed by atoms with Gasteiger partial charge >= 0.3 is 0 Å². The Bertz CT molecular complexity index is 731. The van der Waals surface area contributed by atoms with Crippen LogP contribution >= 0.6 is 11.6 Å². The van der Waals surface area contributed by atoms with E-state index in [1.165, 1.54) is 24.3 Å². The third-order valence-corrected chi connectivity index (χ3v) is 2.74. The van der Waals surface area contributed by atoms with E-state index in [2.05, 4.69) is 9.97 Å². The fourth-order valence-corrected chi connectivity index (χ4v) is 1.88. The van der Waals surface area contributed by atoms with Crippen LogP contribution in [0.3, 0.4) is 0 Å². The van der Waals surface area contributed by atoms with Crippen molar-refractivity contribution in [2.75, 3.05) is 0 Å². The van der Waals surface area contributed by atoms with Crippen molar-refractivity contribution in [2.45, 2.75) is 0 Å². The predicted octanol–water partition coefficient (Wildman–Crippen LogP) is 4.21. The zero-order valence-electron chi connectivity index (χ0n) is 9.68. The number of halogens is 2. The van der Waals surface area contributed by atoms with Gasteiger partial charge in [-0.1, -0.05) is 12.1 Å². The molecular weight excluding hydrogens is 267 g/mol. The van der Waals surface area contributed by atoms with E-state index in [0.29, 0.717) is 17.1 Å². The lowest BCUT2D eigenvalue weighted by Gasteiger charge is -2.07. The maximum absolute atomic E-state index is 12.8. The van der Waals surface area contributed by atoms with Crippen molar-refractivity contribution in [3.8, 4) is 11.6 Å². The average molecular weight is 275 g/mol. The summed E-state index contributed by atoms with van der Waals surface area (Å²) in [5.41, 5.74) is 0.694. The van der Waals surface area contributed by atoms with Crippen molar-refractivity contribution in [1.29, 1.82) is 0 Å². The molecule has 0 saturated carbocycles. The molecule has 0 amide bonds. The van der Waals surface area contributed by atoms with Gasteiger partial charge in [0.05, 0.1) is 10.9 Å². The molecule has 0 spiro atoms. The molecule has 0 radical (unpaired) electrons. The number of ether oxygens (including phenoxy) is 1. The van der Waals surface area contributed by atoms with Crippen LogP contribution in [0.4, 0.5) is 4.39 Å². The molecule has 1 heterocycles. The van der Waals surface area contributed by atoms with Crippen LogP contribution in [0, 0.1) is 5.82 Å². The van der Waals surface area contributed by atoms with E-state index >= 15 is 0 Å². The Hall–Kier alpha value is -2.20. The average Bonchev–Trinajstić information content (AvgIpc) is 2.41. The maximum atomic E-state index is 12.8. The Balaban J connectivity index is 2.07. The van der Waals surface area contributed by atoms with Gasteiger partial charge in [0.2, 0.25) is 11.2 Å². The van der Waals surface area contributed by atoms with Crippen LogP contribution in [0.5, 0.6) is 11.6 Å². The van der Waals surface area contributed by atoms with Gasteiger partial charge in [-0.2, -0.15) is 4.98 Å². The Morgan fingerprint density at radius 1 is 0.947 bits per heavy atom. The predicted molar refractivity (Wildman–Crippen MR) is 71.0 cm³/mol. The molecule has 0 bridgehead atoms. The van der Waals surface area contributed by atoms with Gasteiger partial charge in [-0.15, -0.1) is 0 Å². The standard InChI is InChI=1S/C14H8ClFN2O/c15-14-17-12-4-2-1-3-11(12)13(18-14)19-10-7-5-9(16)6-8-10/h1-8H. The highest BCUT2D eigenvalue weighted by molar-refractivity contribution is 6.28. The molecule has 2 aromatic carbocycles. The second-order valence-corrected chi connectivity index (χ2v) is 4.21. The Morgan fingerprint density at radius 3 is 2.47 bits per heavy atom. The minimum Gasteiger partial charge on any atom is -0.438 e. The first-order valence-corrected chi connectivity index (χ1v) is 5.96. The van der Waals surface area contributed by atoms with Crippen molar-refractivity contribution >= 4 is 22.5 Å². The molecule has 0 aliphatic rings. The highest BCUT2D eigenvalue weighted by Crippen LogP contribution is 2.28. The van der Waals surface area contributed by atoms with Gasteiger partial charge in [-0.25, -0.2) is 9.37 Å². The van der Waals surface area contributed by atoms with Gasteiger partial charge in [-0.3, -0.25) is 0 Å². The zero-order chi connectivity index (χ0) is 13.2. The summed E-state index contributed by atoms with van der Waals surface area (Å²) < 4.78 is 18.5. The third kappa shape index (κ3) is 2.48. The summed E-state index contributed by atoms with van der Waals surface area (Å²) in [6, 6.07) is 13.1. The molecule has 0 aliphatic carbocycles. The Morgan fingerprint density at radius 2 is 1.68 bits per heavy atom. The van der Waals surface area contributed by atoms with E-state index in [0.717, 1.165) is 5.39 Å². The number of nitrogens with zero attached hydrogens (tertiary/aromatic N) is 2. The van der Waals surface area contributed by atoms with E-state index in [-0.39, 0.29) is 11.1 Å².